The smallest absolute Gasteiger partial charge is 0.342 e. The molecule has 3 rings (SSSR count). The maximum atomic E-state index is 12.2. The lowest BCUT2D eigenvalue weighted by Crippen LogP contribution is -2.05. The normalized spacial score (nSPS) is 10.6. The Bertz CT molecular complexity index is 981. The minimum atomic E-state index is -0.474. The second-order valence-electron chi connectivity index (χ2n) is 5.36. The van der Waals surface area contributed by atoms with Gasteiger partial charge in [-0.3, -0.25) is 0 Å². The number of nitrogens with zero attached hydrogens (tertiary/aromatic N) is 2. The number of nitriles is 1. The van der Waals surface area contributed by atoms with Crippen LogP contribution in [0.5, 0.6) is 5.75 Å². The first-order chi connectivity index (χ1) is 12.0. The van der Waals surface area contributed by atoms with Crippen LogP contribution in [-0.4, -0.2) is 17.6 Å². The van der Waals surface area contributed by atoms with Crippen LogP contribution in [0.4, 0.5) is 0 Å². The number of fused-ring (bicyclic) bond motifs is 1. The number of thiazole rings is 1. The summed E-state index contributed by atoms with van der Waals surface area (Å²) in [6.07, 6.45) is 0. The van der Waals surface area contributed by atoms with Gasteiger partial charge in [0.05, 0.1) is 28.3 Å². The molecule has 0 atom stereocenters. The summed E-state index contributed by atoms with van der Waals surface area (Å²) in [5.74, 6) is 0.432. The largest absolute Gasteiger partial charge is 0.488 e. The van der Waals surface area contributed by atoms with Crippen molar-refractivity contribution in [3.05, 3.63) is 45.1 Å². The third kappa shape index (κ3) is 3.21. The highest BCUT2D eigenvalue weighted by atomic mass is 32.1. The Kier molecular flexibility index (Phi) is 4.72. The van der Waals surface area contributed by atoms with E-state index >= 15 is 0 Å². The molecule has 0 unspecified atom stereocenters. The van der Waals surface area contributed by atoms with Gasteiger partial charge in [-0.15, -0.1) is 11.3 Å². The summed E-state index contributed by atoms with van der Waals surface area (Å²) in [6.45, 7) is 5.93. The highest BCUT2D eigenvalue weighted by Gasteiger charge is 2.22. The van der Waals surface area contributed by atoms with Crippen molar-refractivity contribution in [2.45, 2.75) is 27.4 Å². The van der Waals surface area contributed by atoms with Crippen molar-refractivity contribution in [3.8, 4) is 11.8 Å². The van der Waals surface area contributed by atoms with Gasteiger partial charge in [-0.25, -0.2) is 9.78 Å². The van der Waals surface area contributed by atoms with Crippen LogP contribution in [0.1, 0.15) is 39.2 Å². The molecule has 0 fully saturated rings. The molecule has 7 heteroatoms. The van der Waals surface area contributed by atoms with Crippen molar-refractivity contribution in [1.29, 1.82) is 5.26 Å². The quantitative estimate of drug-likeness (QED) is 0.639. The molecular weight excluding hydrogens is 340 g/mol. The van der Waals surface area contributed by atoms with Gasteiger partial charge < -0.3 is 13.9 Å². The lowest BCUT2D eigenvalue weighted by molar-refractivity contribution is 0.0526. The summed E-state index contributed by atoms with van der Waals surface area (Å²) in [4.78, 5) is 17.4. The van der Waals surface area contributed by atoms with E-state index in [1.807, 2.05) is 6.92 Å². The zero-order chi connectivity index (χ0) is 18.0. The van der Waals surface area contributed by atoms with Gasteiger partial charge in [-0.2, -0.15) is 5.26 Å². The van der Waals surface area contributed by atoms with Gasteiger partial charge in [0, 0.05) is 11.5 Å². The van der Waals surface area contributed by atoms with Crippen LogP contribution < -0.4 is 4.74 Å². The van der Waals surface area contributed by atoms with Crippen molar-refractivity contribution in [3.63, 3.8) is 0 Å². The molecule has 0 N–H and O–H groups in total. The lowest BCUT2D eigenvalue weighted by Gasteiger charge is -2.07. The average Bonchev–Trinajstić information content (AvgIpc) is 3.14. The Hall–Kier alpha value is -2.85. The predicted molar refractivity (Wildman–Crippen MR) is 92.8 cm³/mol. The van der Waals surface area contributed by atoms with E-state index < -0.39 is 5.97 Å². The number of esters is 1. The Morgan fingerprint density at radius 1 is 1.40 bits per heavy atom. The van der Waals surface area contributed by atoms with Crippen molar-refractivity contribution in [2.75, 3.05) is 6.61 Å². The molecule has 0 aliphatic rings. The SMILES string of the molecule is CCOC(=O)c1c(C)oc2c(C#N)cc(OCc3scnc3C)cc12. The van der Waals surface area contributed by atoms with Crippen LogP contribution in [0, 0.1) is 25.2 Å². The molecule has 1 aromatic carbocycles. The second-order valence-corrected chi connectivity index (χ2v) is 6.30. The highest BCUT2D eigenvalue weighted by molar-refractivity contribution is 7.09. The molecule has 128 valence electrons. The molecule has 0 radical (unpaired) electrons. The number of hydrogen-bond acceptors (Lipinski definition) is 7. The zero-order valence-corrected chi connectivity index (χ0v) is 14.9. The van der Waals surface area contributed by atoms with Crippen molar-refractivity contribution in [1.82, 2.24) is 4.98 Å². The number of carbonyl (C=O) groups is 1. The average molecular weight is 356 g/mol. The standard InChI is InChI=1S/C18H16N2O4S/c1-4-22-18(21)16-11(3)24-17-12(7-19)5-13(6-14(16)17)23-8-15-10(2)20-9-25-15/h5-6,9H,4,8H2,1-3H3. The zero-order valence-electron chi connectivity index (χ0n) is 14.1. The van der Waals surface area contributed by atoms with Crippen LogP contribution >= 0.6 is 11.3 Å². The number of hydrogen-bond donors (Lipinski definition) is 0. The fraction of sp³-hybridized carbons (Fsp3) is 0.278. The lowest BCUT2D eigenvalue weighted by atomic mass is 10.1. The first-order valence-electron chi connectivity index (χ1n) is 7.71. The maximum absolute atomic E-state index is 12.2. The maximum Gasteiger partial charge on any atom is 0.342 e. The first kappa shape index (κ1) is 17.0. The van der Waals surface area contributed by atoms with Crippen LogP contribution in [0.15, 0.2) is 22.1 Å². The van der Waals surface area contributed by atoms with Crippen molar-refractivity contribution in [2.24, 2.45) is 0 Å². The van der Waals surface area contributed by atoms with E-state index in [-0.39, 0.29) is 6.61 Å². The Labute approximate surface area is 148 Å². The first-order valence-corrected chi connectivity index (χ1v) is 8.59. The third-order valence-electron chi connectivity index (χ3n) is 3.75. The predicted octanol–water partition coefficient (Wildman–Crippen LogP) is 4.13. The molecule has 2 aromatic heterocycles. The van der Waals surface area contributed by atoms with Crippen LogP contribution in [-0.2, 0) is 11.3 Å². The van der Waals surface area contributed by atoms with Gasteiger partial charge in [0.15, 0.2) is 5.58 Å². The summed E-state index contributed by atoms with van der Waals surface area (Å²) in [7, 11) is 0. The third-order valence-corrected chi connectivity index (χ3v) is 4.66. The van der Waals surface area contributed by atoms with Crippen LogP contribution in [0.3, 0.4) is 0 Å². The molecular formula is C18H16N2O4S. The molecule has 0 bridgehead atoms. The van der Waals surface area contributed by atoms with Gasteiger partial charge in [0.1, 0.15) is 29.7 Å². The Morgan fingerprint density at radius 3 is 2.84 bits per heavy atom. The molecule has 3 aromatic rings. The van der Waals surface area contributed by atoms with Gasteiger partial charge in [0.25, 0.3) is 0 Å². The summed E-state index contributed by atoms with van der Waals surface area (Å²) < 4.78 is 16.5. The number of furan rings is 1. The van der Waals surface area contributed by atoms with Gasteiger partial charge in [0.2, 0.25) is 0 Å². The molecule has 0 aliphatic heterocycles. The second kappa shape index (κ2) is 6.95. The van der Waals surface area contributed by atoms with Gasteiger partial charge >= 0.3 is 5.97 Å². The topological polar surface area (TPSA) is 85.3 Å². The number of aromatic nitrogens is 1. The van der Waals surface area contributed by atoms with E-state index in [9.17, 15) is 10.1 Å². The molecule has 0 aliphatic carbocycles. The van der Waals surface area contributed by atoms with E-state index in [1.165, 1.54) is 11.3 Å². The summed E-state index contributed by atoms with van der Waals surface area (Å²) in [6, 6.07) is 5.40. The van der Waals surface area contributed by atoms with Crippen LogP contribution in [0.2, 0.25) is 0 Å². The van der Waals surface area contributed by atoms with E-state index in [0.717, 1.165) is 10.6 Å². The van der Waals surface area contributed by atoms with Crippen molar-refractivity contribution < 1.29 is 18.7 Å². The fourth-order valence-electron chi connectivity index (χ4n) is 2.53. The number of rotatable bonds is 5. The van der Waals surface area contributed by atoms with E-state index in [2.05, 4.69) is 11.1 Å². The minimum Gasteiger partial charge on any atom is -0.488 e. The Morgan fingerprint density at radius 2 is 2.20 bits per heavy atom. The number of benzene rings is 1. The number of aryl methyl sites for hydroxylation is 2. The molecule has 2 heterocycles. The molecule has 0 spiro atoms. The number of ether oxygens (including phenoxy) is 2. The molecule has 0 amide bonds. The fourth-order valence-corrected chi connectivity index (χ4v) is 3.22. The van der Waals surface area contributed by atoms with Gasteiger partial charge in [-0.05, 0) is 26.8 Å². The summed E-state index contributed by atoms with van der Waals surface area (Å²) in [5, 5.41) is 9.93. The summed E-state index contributed by atoms with van der Waals surface area (Å²) >= 11 is 1.51. The van der Waals surface area contributed by atoms with E-state index in [4.69, 9.17) is 13.9 Å². The Balaban J connectivity index is 2.03. The molecule has 6 nitrogen and oxygen atoms in total. The molecule has 0 saturated heterocycles. The molecule has 25 heavy (non-hydrogen) atoms. The minimum absolute atomic E-state index is 0.261. The van der Waals surface area contributed by atoms with Crippen molar-refractivity contribution >= 4 is 28.3 Å². The van der Waals surface area contributed by atoms with E-state index in [0.29, 0.717) is 40.2 Å². The van der Waals surface area contributed by atoms with Crippen LogP contribution in [0.25, 0.3) is 11.0 Å². The monoisotopic (exact) mass is 356 g/mol. The highest BCUT2D eigenvalue weighted by Crippen LogP contribution is 2.33. The van der Waals surface area contributed by atoms with Gasteiger partial charge in [-0.1, -0.05) is 0 Å². The van der Waals surface area contributed by atoms with E-state index in [1.54, 1.807) is 31.5 Å². The molecule has 0 saturated carbocycles. The summed E-state index contributed by atoms with van der Waals surface area (Å²) in [5.41, 5.74) is 3.68. The number of carbonyl (C=O) groups excluding carboxylic acids is 1.